The van der Waals surface area contributed by atoms with Crippen LogP contribution in [0.3, 0.4) is 0 Å². The van der Waals surface area contributed by atoms with Crippen molar-refractivity contribution in [3.63, 3.8) is 0 Å². The first-order chi connectivity index (χ1) is 13.6. The molecule has 0 N–H and O–H groups in total. The van der Waals surface area contributed by atoms with Crippen LogP contribution in [0.5, 0.6) is 11.5 Å². The molecular weight excluding hydrogens is 402 g/mol. The van der Waals surface area contributed by atoms with Crippen LogP contribution in [0.2, 0.25) is 0 Å². The first-order valence-electron chi connectivity index (χ1n) is 8.40. The lowest BCUT2D eigenvalue weighted by molar-refractivity contribution is -0.142. The van der Waals surface area contributed by atoms with Crippen molar-refractivity contribution in [3.05, 3.63) is 35.2 Å². The van der Waals surface area contributed by atoms with Crippen molar-refractivity contribution in [2.24, 2.45) is 0 Å². The van der Waals surface area contributed by atoms with Gasteiger partial charge < -0.3 is 18.7 Å². The number of esters is 1. The van der Waals surface area contributed by atoms with Gasteiger partial charge in [0.2, 0.25) is 11.7 Å². The summed E-state index contributed by atoms with van der Waals surface area (Å²) < 4.78 is 21.6. The van der Waals surface area contributed by atoms with E-state index in [1.165, 1.54) is 23.1 Å². The number of rotatable bonds is 9. The number of aromatic nitrogens is 3. The molecular formula is C18H19N3O5S2. The van der Waals surface area contributed by atoms with Crippen LogP contribution in [-0.4, -0.2) is 41.9 Å². The van der Waals surface area contributed by atoms with E-state index in [1.807, 2.05) is 11.4 Å². The second-order valence-corrected chi connectivity index (χ2v) is 7.54. The van der Waals surface area contributed by atoms with Crippen molar-refractivity contribution in [2.45, 2.75) is 23.4 Å². The van der Waals surface area contributed by atoms with Gasteiger partial charge in [0, 0.05) is 10.9 Å². The molecule has 3 rings (SSSR count). The number of thiazole rings is 1. The van der Waals surface area contributed by atoms with E-state index in [1.54, 1.807) is 33.3 Å². The quantitative estimate of drug-likeness (QED) is 0.379. The van der Waals surface area contributed by atoms with Gasteiger partial charge in [-0.25, -0.2) is 4.98 Å². The lowest BCUT2D eigenvalue weighted by atomic mass is 10.2. The Hall–Kier alpha value is -2.59. The van der Waals surface area contributed by atoms with Gasteiger partial charge in [-0.05, 0) is 25.1 Å². The van der Waals surface area contributed by atoms with E-state index in [2.05, 4.69) is 15.1 Å². The molecule has 2 aromatic heterocycles. The van der Waals surface area contributed by atoms with Crippen LogP contribution >= 0.6 is 23.1 Å². The van der Waals surface area contributed by atoms with Gasteiger partial charge in [0.05, 0.1) is 38.7 Å². The Labute approximate surface area is 170 Å². The summed E-state index contributed by atoms with van der Waals surface area (Å²) in [7, 11) is 3.15. The summed E-state index contributed by atoms with van der Waals surface area (Å²) in [6, 6.07) is 5.42. The molecule has 10 heteroatoms. The average Bonchev–Trinajstić information content (AvgIpc) is 3.35. The van der Waals surface area contributed by atoms with Gasteiger partial charge in [-0.3, -0.25) is 4.79 Å². The predicted molar refractivity (Wildman–Crippen MR) is 105 cm³/mol. The zero-order valence-electron chi connectivity index (χ0n) is 15.6. The molecule has 0 amide bonds. The highest BCUT2D eigenvalue weighted by Gasteiger charge is 2.14. The minimum Gasteiger partial charge on any atom is -0.493 e. The van der Waals surface area contributed by atoms with E-state index in [4.69, 9.17) is 18.7 Å². The van der Waals surface area contributed by atoms with Crippen LogP contribution in [-0.2, 0) is 21.7 Å². The minimum atomic E-state index is -0.277. The number of carbonyl (C=O) groups excluding carboxylic acids is 1. The molecule has 0 unspecified atom stereocenters. The van der Waals surface area contributed by atoms with Crippen LogP contribution < -0.4 is 9.47 Å². The van der Waals surface area contributed by atoms with Gasteiger partial charge in [0.15, 0.2) is 15.8 Å². The molecule has 1 aromatic carbocycles. The van der Waals surface area contributed by atoms with Gasteiger partial charge in [0.1, 0.15) is 0 Å². The molecule has 0 saturated heterocycles. The van der Waals surface area contributed by atoms with Crippen molar-refractivity contribution in [1.82, 2.24) is 15.1 Å². The normalized spacial score (nSPS) is 10.7. The Morgan fingerprint density at radius 1 is 1.21 bits per heavy atom. The molecule has 0 radical (unpaired) electrons. The SMILES string of the molecule is CCOC(=O)Cc1csc(SCc2nc(-c3ccc(OC)c(OC)c3)no2)n1. The monoisotopic (exact) mass is 421 g/mol. The lowest BCUT2D eigenvalue weighted by Gasteiger charge is -2.07. The number of hydrogen-bond acceptors (Lipinski definition) is 10. The number of thioether (sulfide) groups is 1. The molecule has 0 aliphatic rings. The molecule has 2 heterocycles. The van der Waals surface area contributed by atoms with Crippen LogP contribution in [0, 0.1) is 0 Å². The molecule has 0 aliphatic heterocycles. The molecule has 0 saturated carbocycles. The summed E-state index contributed by atoms with van der Waals surface area (Å²) in [5.41, 5.74) is 1.46. The maximum atomic E-state index is 11.5. The summed E-state index contributed by atoms with van der Waals surface area (Å²) in [6.45, 7) is 2.14. The first kappa shape index (κ1) is 20.2. The lowest BCUT2D eigenvalue weighted by Crippen LogP contribution is -2.07. The van der Waals surface area contributed by atoms with E-state index in [0.29, 0.717) is 41.3 Å². The Kier molecular flexibility index (Phi) is 6.88. The highest BCUT2D eigenvalue weighted by atomic mass is 32.2. The predicted octanol–water partition coefficient (Wildman–Crippen LogP) is 3.61. The summed E-state index contributed by atoms with van der Waals surface area (Å²) in [4.78, 5) is 20.3. The van der Waals surface area contributed by atoms with Gasteiger partial charge in [0.25, 0.3) is 0 Å². The zero-order valence-corrected chi connectivity index (χ0v) is 17.3. The fraction of sp³-hybridized carbons (Fsp3) is 0.333. The molecule has 148 valence electrons. The summed E-state index contributed by atoms with van der Waals surface area (Å²) >= 11 is 2.94. The summed E-state index contributed by atoms with van der Waals surface area (Å²) in [6.07, 6.45) is 0.176. The molecule has 0 aliphatic carbocycles. The topological polar surface area (TPSA) is 96.6 Å². The van der Waals surface area contributed by atoms with E-state index in [9.17, 15) is 4.79 Å². The third-order valence-electron chi connectivity index (χ3n) is 3.59. The molecule has 0 spiro atoms. The standard InChI is InChI=1S/C18H19N3O5S2/c1-4-25-16(22)8-12-9-27-18(19-12)28-10-15-20-17(21-26-15)11-5-6-13(23-2)14(7-11)24-3/h5-7,9H,4,8,10H2,1-3H3. The Morgan fingerprint density at radius 3 is 2.79 bits per heavy atom. The number of benzene rings is 1. The van der Waals surface area contributed by atoms with Gasteiger partial charge >= 0.3 is 5.97 Å². The number of carbonyl (C=O) groups is 1. The highest BCUT2D eigenvalue weighted by Crippen LogP contribution is 2.32. The van der Waals surface area contributed by atoms with Crippen molar-refractivity contribution in [3.8, 4) is 22.9 Å². The Bertz CT molecular complexity index is 941. The Balaban J connectivity index is 1.61. The van der Waals surface area contributed by atoms with Crippen molar-refractivity contribution in [2.75, 3.05) is 20.8 Å². The molecule has 3 aromatic rings. The third kappa shape index (κ3) is 5.02. The van der Waals surface area contributed by atoms with Crippen LogP contribution in [0.4, 0.5) is 0 Å². The average molecular weight is 422 g/mol. The molecule has 0 bridgehead atoms. The fourth-order valence-corrected chi connectivity index (χ4v) is 4.01. The zero-order chi connectivity index (χ0) is 19.9. The van der Waals surface area contributed by atoms with E-state index < -0.39 is 0 Å². The van der Waals surface area contributed by atoms with Gasteiger partial charge in [-0.1, -0.05) is 16.9 Å². The first-order valence-corrected chi connectivity index (χ1v) is 10.3. The maximum Gasteiger partial charge on any atom is 0.311 e. The molecule has 8 nitrogen and oxygen atoms in total. The van der Waals surface area contributed by atoms with E-state index in [-0.39, 0.29) is 12.4 Å². The molecule has 28 heavy (non-hydrogen) atoms. The second-order valence-electron chi connectivity index (χ2n) is 5.46. The van der Waals surface area contributed by atoms with Crippen LogP contribution in [0.15, 0.2) is 32.4 Å². The smallest absolute Gasteiger partial charge is 0.311 e. The summed E-state index contributed by atoms with van der Waals surface area (Å²) in [5.74, 6) is 2.38. The number of ether oxygens (including phenoxy) is 3. The number of methoxy groups -OCH3 is 2. The van der Waals surface area contributed by atoms with Gasteiger partial charge in [-0.15, -0.1) is 11.3 Å². The minimum absolute atomic E-state index is 0.176. The molecule has 0 atom stereocenters. The third-order valence-corrected chi connectivity index (χ3v) is 5.65. The largest absolute Gasteiger partial charge is 0.493 e. The fourth-order valence-electron chi connectivity index (χ4n) is 2.33. The number of nitrogens with zero attached hydrogens (tertiary/aromatic N) is 3. The van der Waals surface area contributed by atoms with E-state index in [0.717, 1.165) is 9.90 Å². The number of hydrogen-bond donors (Lipinski definition) is 0. The van der Waals surface area contributed by atoms with Crippen molar-refractivity contribution < 1.29 is 23.5 Å². The van der Waals surface area contributed by atoms with Crippen LogP contribution in [0.1, 0.15) is 18.5 Å². The Morgan fingerprint density at radius 2 is 2.04 bits per heavy atom. The van der Waals surface area contributed by atoms with Crippen molar-refractivity contribution in [1.29, 1.82) is 0 Å². The highest BCUT2D eigenvalue weighted by molar-refractivity contribution is 8.00. The molecule has 0 fully saturated rings. The van der Waals surface area contributed by atoms with E-state index >= 15 is 0 Å². The summed E-state index contributed by atoms with van der Waals surface area (Å²) in [5, 5.41) is 5.87. The van der Waals surface area contributed by atoms with Crippen LogP contribution in [0.25, 0.3) is 11.4 Å². The second kappa shape index (κ2) is 9.56. The maximum absolute atomic E-state index is 11.5. The van der Waals surface area contributed by atoms with Gasteiger partial charge in [-0.2, -0.15) is 4.98 Å². The van der Waals surface area contributed by atoms with Crippen molar-refractivity contribution >= 4 is 29.1 Å².